The molecule has 1 aromatic heterocycles. The molecular weight excluding hydrogens is 264 g/mol. The van der Waals surface area contributed by atoms with Crippen molar-refractivity contribution in [1.29, 1.82) is 0 Å². The lowest BCUT2D eigenvalue weighted by Crippen LogP contribution is -2.33. The maximum Gasteiger partial charge on any atom is 0.267 e. The van der Waals surface area contributed by atoms with Crippen molar-refractivity contribution in [3.05, 3.63) is 23.0 Å². The van der Waals surface area contributed by atoms with Gasteiger partial charge in [0.25, 0.3) is 5.91 Å². The predicted octanol–water partition coefficient (Wildman–Crippen LogP) is 2.37. The van der Waals surface area contributed by atoms with Gasteiger partial charge < -0.3 is 15.0 Å². The molecule has 0 spiro atoms. The number of halogens is 1. The fourth-order valence-corrected chi connectivity index (χ4v) is 3.06. The Balaban J connectivity index is 1.63. The molecule has 5 heteroatoms. The van der Waals surface area contributed by atoms with Gasteiger partial charge in [0.1, 0.15) is 5.69 Å². The number of rotatable bonds is 4. The molecule has 3 rings (SSSR count). The average Bonchev–Trinajstić information content (AvgIpc) is 3.04. The van der Waals surface area contributed by atoms with E-state index in [0.29, 0.717) is 23.3 Å². The number of aromatic nitrogens is 1. The molecule has 2 saturated carbocycles. The van der Waals surface area contributed by atoms with Gasteiger partial charge in [-0.15, -0.1) is 0 Å². The molecule has 19 heavy (non-hydrogen) atoms. The Bertz CT molecular complexity index is 482. The molecule has 0 radical (unpaired) electrons. The van der Waals surface area contributed by atoms with Crippen molar-refractivity contribution >= 4 is 17.5 Å². The number of nitrogens with one attached hydrogen (secondary N) is 1. The molecule has 104 valence electrons. The van der Waals surface area contributed by atoms with Crippen LogP contribution < -0.4 is 5.32 Å². The number of carbonyl (C=O) groups excluding carboxylic acids is 1. The van der Waals surface area contributed by atoms with Crippen molar-refractivity contribution in [3.8, 4) is 0 Å². The second-order valence-corrected chi connectivity index (χ2v) is 6.09. The Morgan fingerprint density at radius 3 is 2.84 bits per heavy atom. The molecule has 2 atom stereocenters. The topological polar surface area (TPSA) is 54.3 Å². The fraction of sp³-hybridized carbons (Fsp3) is 0.643. The van der Waals surface area contributed by atoms with E-state index in [4.69, 9.17) is 11.6 Å². The summed E-state index contributed by atoms with van der Waals surface area (Å²) in [5.74, 6) is 0.113. The number of hydrogen-bond acceptors (Lipinski definition) is 2. The number of nitrogens with zero attached hydrogens (tertiary/aromatic N) is 1. The van der Waals surface area contributed by atoms with Crippen LogP contribution in [-0.2, 0) is 0 Å². The van der Waals surface area contributed by atoms with Gasteiger partial charge in [-0.25, -0.2) is 0 Å². The van der Waals surface area contributed by atoms with Crippen LogP contribution in [0.4, 0.5) is 0 Å². The Hall–Kier alpha value is -1.00. The van der Waals surface area contributed by atoms with Crippen molar-refractivity contribution in [1.82, 2.24) is 9.88 Å². The lowest BCUT2D eigenvalue weighted by molar-refractivity contribution is 0.0907. The van der Waals surface area contributed by atoms with E-state index < -0.39 is 0 Å². The van der Waals surface area contributed by atoms with Crippen molar-refractivity contribution in [2.45, 2.75) is 44.2 Å². The Labute approximate surface area is 117 Å². The van der Waals surface area contributed by atoms with Gasteiger partial charge in [-0.3, -0.25) is 4.79 Å². The highest BCUT2D eigenvalue weighted by molar-refractivity contribution is 6.31. The van der Waals surface area contributed by atoms with Gasteiger partial charge in [-0.05, 0) is 31.7 Å². The van der Waals surface area contributed by atoms with Gasteiger partial charge in [0.2, 0.25) is 0 Å². The molecule has 0 bridgehead atoms. The van der Waals surface area contributed by atoms with E-state index in [-0.39, 0.29) is 17.9 Å². The van der Waals surface area contributed by atoms with Crippen molar-refractivity contribution in [2.24, 2.45) is 5.92 Å². The standard InChI is InChI=1S/C14H19ClN2O2/c15-10-6-12(17(8-10)11-4-5-11)14(19)16-7-9-2-1-3-13(9)18/h6,8-9,11,13,18H,1-5,7H2,(H,16,19). The van der Waals surface area contributed by atoms with E-state index >= 15 is 0 Å². The van der Waals surface area contributed by atoms with E-state index in [0.717, 1.165) is 32.1 Å². The molecule has 2 aliphatic rings. The molecular formula is C14H19ClN2O2. The van der Waals surface area contributed by atoms with Crippen LogP contribution in [0, 0.1) is 5.92 Å². The monoisotopic (exact) mass is 282 g/mol. The first-order valence-electron chi connectivity index (χ1n) is 6.99. The smallest absolute Gasteiger partial charge is 0.267 e. The number of aliphatic hydroxyl groups is 1. The summed E-state index contributed by atoms with van der Waals surface area (Å²) in [6.07, 6.45) is 6.69. The molecule has 2 aliphatic carbocycles. The molecule has 0 saturated heterocycles. The van der Waals surface area contributed by atoms with Crippen LogP contribution in [0.1, 0.15) is 48.6 Å². The van der Waals surface area contributed by atoms with Crippen LogP contribution in [0.5, 0.6) is 0 Å². The lowest BCUT2D eigenvalue weighted by Gasteiger charge is -2.15. The Morgan fingerprint density at radius 1 is 1.42 bits per heavy atom. The molecule has 1 heterocycles. The van der Waals surface area contributed by atoms with E-state index in [1.807, 2.05) is 10.8 Å². The summed E-state index contributed by atoms with van der Waals surface area (Å²) in [6.45, 7) is 0.549. The molecule has 2 N–H and O–H groups in total. The molecule has 2 unspecified atom stereocenters. The van der Waals surface area contributed by atoms with Crippen molar-refractivity contribution in [2.75, 3.05) is 6.54 Å². The molecule has 1 amide bonds. The maximum absolute atomic E-state index is 12.2. The van der Waals surface area contributed by atoms with Crippen LogP contribution in [0.2, 0.25) is 5.02 Å². The number of aliphatic hydroxyl groups excluding tert-OH is 1. The number of carbonyl (C=O) groups is 1. The first-order chi connectivity index (χ1) is 9.15. The Morgan fingerprint density at radius 2 is 2.21 bits per heavy atom. The zero-order valence-electron chi connectivity index (χ0n) is 10.8. The number of amides is 1. The van der Waals surface area contributed by atoms with Crippen molar-refractivity contribution < 1.29 is 9.90 Å². The van der Waals surface area contributed by atoms with Gasteiger partial charge in [0, 0.05) is 24.7 Å². The highest BCUT2D eigenvalue weighted by atomic mass is 35.5. The summed E-state index contributed by atoms with van der Waals surface area (Å²) in [6, 6.07) is 2.16. The quantitative estimate of drug-likeness (QED) is 0.891. The molecule has 0 aliphatic heterocycles. The minimum absolute atomic E-state index is 0.0853. The third kappa shape index (κ3) is 2.79. The first-order valence-corrected chi connectivity index (χ1v) is 7.36. The van der Waals surface area contributed by atoms with Crippen LogP contribution in [0.3, 0.4) is 0 Å². The summed E-state index contributed by atoms with van der Waals surface area (Å²) in [4.78, 5) is 12.2. The van der Waals surface area contributed by atoms with E-state index in [9.17, 15) is 9.90 Å². The second kappa shape index (κ2) is 5.17. The third-order valence-corrected chi connectivity index (χ3v) is 4.34. The fourth-order valence-electron chi connectivity index (χ4n) is 2.85. The largest absolute Gasteiger partial charge is 0.393 e. The summed E-state index contributed by atoms with van der Waals surface area (Å²) >= 11 is 5.99. The summed E-state index contributed by atoms with van der Waals surface area (Å²) in [7, 11) is 0. The highest BCUT2D eigenvalue weighted by Crippen LogP contribution is 2.37. The van der Waals surface area contributed by atoms with Gasteiger partial charge in [0.05, 0.1) is 11.1 Å². The minimum atomic E-state index is -0.265. The van der Waals surface area contributed by atoms with E-state index in [2.05, 4.69) is 5.32 Å². The van der Waals surface area contributed by atoms with Crippen LogP contribution >= 0.6 is 11.6 Å². The number of hydrogen-bond donors (Lipinski definition) is 2. The highest BCUT2D eigenvalue weighted by Gasteiger charge is 2.29. The van der Waals surface area contributed by atoms with Crippen LogP contribution in [0.15, 0.2) is 12.3 Å². The molecule has 0 aromatic carbocycles. The normalized spacial score (nSPS) is 26.6. The van der Waals surface area contributed by atoms with Crippen LogP contribution in [0.25, 0.3) is 0 Å². The Kier molecular flexibility index (Phi) is 3.54. The minimum Gasteiger partial charge on any atom is -0.393 e. The molecule has 1 aromatic rings. The maximum atomic E-state index is 12.2. The third-order valence-electron chi connectivity index (χ3n) is 4.13. The first kappa shape index (κ1) is 13.0. The summed E-state index contributed by atoms with van der Waals surface area (Å²) in [5.41, 5.74) is 0.639. The second-order valence-electron chi connectivity index (χ2n) is 5.65. The zero-order chi connectivity index (χ0) is 13.4. The van der Waals surface area contributed by atoms with Crippen molar-refractivity contribution in [3.63, 3.8) is 0 Å². The summed E-state index contributed by atoms with van der Waals surface area (Å²) in [5, 5.41) is 13.3. The lowest BCUT2D eigenvalue weighted by atomic mass is 10.1. The molecule has 2 fully saturated rings. The van der Waals surface area contributed by atoms with E-state index in [1.54, 1.807) is 6.07 Å². The van der Waals surface area contributed by atoms with Crippen LogP contribution in [-0.4, -0.2) is 28.2 Å². The predicted molar refractivity (Wildman–Crippen MR) is 73.4 cm³/mol. The van der Waals surface area contributed by atoms with Gasteiger partial charge in [-0.2, -0.15) is 0 Å². The SMILES string of the molecule is O=C(NCC1CCCC1O)c1cc(Cl)cn1C1CC1. The summed E-state index contributed by atoms with van der Waals surface area (Å²) < 4.78 is 1.97. The van der Waals surface area contributed by atoms with Gasteiger partial charge >= 0.3 is 0 Å². The van der Waals surface area contributed by atoms with Gasteiger partial charge in [-0.1, -0.05) is 18.0 Å². The average molecular weight is 283 g/mol. The van der Waals surface area contributed by atoms with Gasteiger partial charge in [0.15, 0.2) is 0 Å². The zero-order valence-corrected chi connectivity index (χ0v) is 11.6. The molecule has 4 nitrogen and oxygen atoms in total. The van der Waals surface area contributed by atoms with E-state index in [1.165, 1.54) is 0 Å².